The van der Waals surface area contributed by atoms with Gasteiger partial charge in [-0.05, 0) is 42.5 Å². The Labute approximate surface area is 169 Å². The van der Waals surface area contributed by atoms with E-state index < -0.39 is 23.9 Å². The average Bonchev–Trinajstić information content (AvgIpc) is 2.66. The van der Waals surface area contributed by atoms with Crippen molar-refractivity contribution in [1.82, 2.24) is 4.98 Å². The number of thioether (sulfide) groups is 1. The van der Waals surface area contributed by atoms with Crippen LogP contribution in [0.1, 0.15) is 43.7 Å². The molecule has 1 aromatic heterocycles. The third-order valence-corrected chi connectivity index (χ3v) is 5.08. The maximum Gasteiger partial charge on any atom is 0.417 e. The van der Waals surface area contributed by atoms with Gasteiger partial charge in [-0.15, -0.1) is 11.8 Å². The van der Waals surface area contributed by atoms with Crippen LogP contribution >= 0.6 is 11.8 Å². The first-order valence-electron chi connectivity index (χ1n) is 8.96. The van der Waals surface area contributed by atoms with Crippen molar-refractivity contribution in [3.05, 3.63) is 41.5 Å². The Bertz CT molecular complexity index is 848. The SMILES string of the molecule is CCCCCCSc1nc(-c2ccc(OC(F)F)cc2)cc(C(F)(F)F)c1C#N. The summed E-state index contributed by atoms with van der Waals surface area (Å²) in [5.74, 6) is 0.433. The second-order valence-corrected chi connectivity index (χ2v) is 7.24. The molecule has 0 bridgehead atoms. The maximum absolute atomic E-state index is 13.5. The van der Waals surface area contributed by atoms with Gasteiger partial charge in [0.15, 0.2) is 0 Å². The van der Waals surface area contributed by atoms with E-state index in [1.165, 1.54) is 24.3 Å². The van der Waals surface area contributed by atoms with Gasteiger partial charge in [-0.25, -0.2) is 4.98 Å². The number of ether oxygens (including phenoxy) is 1. The van der Waals surface area contributed by atoms with Crippen molar-refractivity contribution in [3.63, 3.8) is 0 Å². The fourth-order valence-electron chi connectivity index (χ4n) is 2.61. The molecular formula is C20H19F5N2OS. The van der Waals surface area contributed by atoms with Crippen LogP contribution in [0, 0.1) is 11.3 Å². The van der Waals surface area contributed by atoms with E-state index in [4.69, 9.17) is 0 Å². The van der Waals surface area contributed by atoms with E-state index in [9.17, 15) is 27.2 Å². The minimum Gasteiger partial charge on any atom is -0.435 e. The Morgan fingerprint density at radius 3 is 2.38 bits per heavy atom. The molecule has 1 aromatic carbocycles. The van der Waals surface area contributed by atoms with Crippen LogP contribution in [0.15, 0.2) is 35.4 Å². The highest BCUT2D eigenvalue weighted by atomic mass is 32.2. The molecule has 0 unspecified atom stereocenters. The molecule has 156 valence electrons. The van der Waals surface area contributed by atoms with Gasteiger partial charge in [0.25, 0.3) is 0 Å². The molecule has 0 fully saturated rings. The number of nitrogens with zero attached hydrogens (tertiary/aromatic N) is 2. The first-order valence-corrected chi connectivity index (χ1v) is 9.95. The summed E-state index contributed by atoms with van der Waals surface area (Å²) in [5.41, 5.74) is -1.25. The number of alkyl halides is 5. The van der Waals surface area contributed by atoms with Gasteiger partial charge < -0.3 is 4.74 Å². The molecule has 0 spiro atoms. The predicted octanol–water partition coefficient (Wildman–Crippen LogP) is 6.91. The Kier molecular flexibility index (Phi) is 8.26. The zero-order valence-electron chi connectivity index (χ0n) is 15.6. The van der Waals surface area contributed by atoms with Gasteiger partial charge >= 0.3 is 12.8 Å². The van der Waals surface area contributed by atoms with E-state index in [-0.39, 0.29) is 16.5 Å². The average molecular weight is 430 g/mol. The van der Waals surface area contributed by atoms with Crippen LogP contribution in [-0.2, 0) is 6.18 Å². The summed E-state index contributed by atoms with van der Waals surface area (Å²) in [6, 6.07) is 7.59. The molecule has 0 aliphatic carbocycles. The lowest BCUT2D eigenvalue weighted by Crippen LogP contribution is -2.10. The van der Waals surface area contributed by atoms with Gasteiger partial charge in [-0.1, -0.05) is 26.2 Å². The number of halogens is 5. The summed E-state index contributed by atoms with van der Waals surface area (Å²) in [6.45, 7) is -0.944. The number of aromatic nitrogens is 1. The lowest BCUT2D eigenvalue weighted by molar-refractivity contribution is -0.138. The molecule has 2 rings (SSSR count). The number of unbranched alkanes of at least 4 members (excludes halogenated alkanes) is 3. The molecule has 3 nitrogen and oxygen atoms in total. The summed E-state index contributed by atoms with van der Waals surface area (Å²) in [6.07, 6.45) is -0.913. The molecule has 0 saturated carbocycles. The molecule has 0 aliphatic heterocycles. The Balaban J connectivity index is 2.39. The second kappa shape index (κ2) is 10.4. The minimum absolute atomic E-state index is 0.0102. The highest BCUT2D eigenvalue weighted by molar-refractivity contribution is 7.99. The van der Waals surface area contributed by atoms with Crippen molar-refractivity contribution in [2.75, 3.05) is 5.75 Å². The van der Waals surface area contributed by atoms with Gasteiger partial charge in [0.05, 0.1) is 16.8 Å². The van der Waals surface area contributed by atoms with Gasteiger partial charge in [0, 0.05) is 5.56 Å². The van der Waals surface area contributed by atoms with Crippen molar-refractivity contribution in [1.29, 1.82) is 5.26 Å². The first-order chi connectivity index (χ1) is 13.8. The lowest BCUT2D eigenvalue weighted by atomic mass is 10.1. The minimum atomic E-state index is -4.72. The normalized spacial score (nSPS) is 11.5. The fraction of sp³-hybridized carbons (Fsp3) is 0.400. The van der Waals surface area contributed by atoms with Crippen molar-refractivity contribution in [2.24, 2.45) is 0 Å². The Morgan fingerprint density at radius 2 is 1.83 bits per heavy atom. The second-order valence-electron chi connectivity index (χ2n) is 6.16. The van der Waals surface area contributed by atoms with E-state index in [0.717, 1.165) is 43.5 Å². The molecule has 0 radical (unpaired) electrons. The zero-order valence-corrected chi connectivity index (χ0v) is 16.4. The van der Waals surface area contributed by atoms with Gasteiger partial charge in [-0.2, -0.15) is 27.2 Å². The molecule has 0 saturated heterocycles. The molecule has 9 heteroatoms. The highest BCUT2D eigenvalue weighted by Gasteiger charge is 2.36. The van der Waals surface area contributed by atoms with Gasteiger partial charge in [-0.3, -0.25) is 0 Å². The van der Waals surface area contributed by atoms with Crippen LogP contribution in [0.25, 0.3) is 11.3 Å². The summed E-state index contributed by atoms with van der Waals surface area (Å²) in [4.78, 5) is 4.25. The van der Waals surface area contributed by atoms with Crippen molar-refractivity contribution < 1.29 is 26.7 Å². The lowest BCUT2D eigenvalue weighted by Gasteiger charge is -2.14. The third-order valence-electron chi connectivity index (χ3n) is 4.02. The molecule has 1 heterocycles. The quantitative estimate of drug-likeness (QED) is 0.246. The van der Waals surface area contributed by atoms with Crippen LogP contribution in [0.4, 0.5) is 22.0 Å². The molecular weight excluding hydrogens is 411 g/mol. The van der Waals surface area contributed by atoms with Crippen molar-refractivity contribution in [3.8, 4) is 23.1 Å². The summed E-state index contributed by atoms with van der Waals surface area (Å²) in [5, 5.41) is 9.31. The van der Waals surface area contributed by atoms with E-state index in [1.54, 1.807) is 6.07 Å². The van der Waals surface area contributed by atoms with Crippen molar-refractivity contribution in [2.45, 2.75) is 50.4 Å². The van der Waals surface area contributed by atoms with Gasteiger partial charge in [0.1, 0.15) is 16.8 Å². The number of hydrogen-bond donors (Lipinski definition) is 0. The van der Waals surface area contributed by atoms with Crippen molar-refractivity contribution >= 4 is 11.8 Å². The number of benzene rings is 1. The number of nitriles is 1. The van der Waals surface area contributed by atoms with Crippen LogP contribution < -0.4 is 4.74 Å². The molecule has 0 amide bonds. The summed E-state index contributed by atoms with van der Waals surface area (Å²) < 4.78 is 69.3. The van der Waals surface area contributed by atoms with E-state index in [2.05, 4.69) is 16.6 Å². The number of hydrogen-bond acceptors (Lipinski definition) is 4. The first kappa shape index (κ1) is 22.9. The van der Waals surface area contributed by atoms with E-state index >= 15 is 0 Å². The van der Waals surface area contributed by atoms with Crippen LogP contribution in [0.2, 0.25) is 0 Å². The zero-order chi connectivity index (χ0) is 21.4. The molecule has 29 heavy (non-hydrogen) atoms. The highest BCUT2D eigenvalue weighted by Crippen LogP contribution is 2.38. The number of pyridine rings is 1. The number of rotatable bonds is 9. The largest absolute Gasteiger partial charge is 0.435 e. The smallest absolute Gasteiger partial charge is 0.417 e. The monoisotopic (exact) mass is 430 g/mol. The van der Waals surface area contributed by atoms with Crippen LogP contribution in [-0.4, -0.2) is 17.3 Å². The Hall–Kier alpha value is -2.34. The topological polar surface area (TPSA) is 45.9 Å². The molecule has 2 aromatic rings. The van der Waals surface area contributed by atoms with Gasteiger partial charge in [0.2, 0.25) is 0 Å². The molecule has 0 aliphatic rings. The van der Waals surface area contributed by atoms with Crippen LogP contribution in [0.3, 0.4) is 0 Å². The summed E-state index contributed by atoms with van der Waals surface area (Å²) in [7, 11) is 0. The molecule has 0 N–H and O–H groups in total. The third kappa shape index (κ3) is 6.60. The van der Waals surface area contributed by atoms with Crippen LogP contribution in [0.5, 0.6) is 5.75 Å². The molecule has 0 atom stereocenters. The summed E-state index contributed by atoms with van der Waals surface area (Å²) >= 11 is 1.12. The van der Waals surface area contributed by atoms with E-state index in [1.807, 2.05) is 0 Å². The standard InChI is InChI=1S/C20H19F5N2OS/c1-2-3-4-5-10-29-18-15(12-26)16(20(23,24)25)11-17(27-18)13-6-8-14(9-7-13)28-19(21)22/h6-9,11,19H,2-5,10H2,1H3. The van der Waals surface area contributed by atoms with E-state index in [0.29, 0.717) is 11.3 Å². The predicted molar refractivity (Wildman–Crippen MR) is 101 cm³/mol. The fourth-order valence-corrected chi connectivity index (χ4v) is 3.62. The Morgan fingerprint density at radius 1 is 1.14 bits per heavy atom. The maximum atomic E-state index is 13.5.